The molecular formula is C14H15F2N3O2. The standard InChI is InChI=1S/C14H15F2N3O2/c1-7-6-18-14(21-7)8(2)19-13(20)9-4-10(15)12(17-3)11(16)5-9/h4-6,8,17H,1-3H3,(H,19,20). The Hall–Kier alpha value is -2.44. The molecule has 0 spiro atoms. The summed E-state index contributed by atoms with van der Waals surface area (Å²) in [6.07, 6.45) is 1.53. The smallest absolute Gasteiger partial charge is 0.252 e. The third-order valence-corrected chi connectivity index (χ3v) is 2.91. The van der Waals surface area contributed by atoms with Crippen LogP contribution in [0.15, 0.2) is 22.7 Å². The summed E-state index contributed by atoms with van der Waals surface area (Å²) in [5, 5.41) is 4.96. The topological polar surface area (TPSA) is 67.2 Å². The molecule has 2 rings (SSSR count). The number of rotatable bonds is 4. The molecule has 0 aliphatic carbocycles. The van der Waals surface area contributed by atoms with Gasteiger partial charge in [0.25, 0.3) is 5.91 Å². The van der Waals surface area contributed by atoms with Crippen molar-refractivity contribution >= 4 is 11.6 Å². The Morgan fingerprint density at radius 2 is 1.95 bits per heavy atom. The molecule has 0 aliphatic rings. The Kier molecular flexibility index (Phi) is 4.21. The highest BCUT2D eigenvalue weighted by Crippen LogP contribution is 2.21. The minimum absolute atomic E-state index is 0.112. The van der Waals surface area contributed by atoms with Crippen molar-refractivity contribution < 1.29 is 18.0 Å². The first kappa shape index (κ1) is 15.0. The van der Waals surface area contributed by atoms with Gasteiger partial charge in [0, 0.05) is 12.6 Å². The molecule has 0 aliphatic heterocycles. The Balaban J connectivity index is 2.17. The zero-order valence-corrected chi connectivity index (χ0v) is 11.8. The van der Waals surface area contributed by atoms with Gasteiger partial charge in [-0.25, -0.2) is 13.8 Å². The van der Waals surface area contributed by atoms with Crippen molar-refractivity contribution in [2.45, 2.75) is 19.9 Å². The van der Waals surface area contributed by atoms with E-state index in [4.69, 9.17) is 4.42 Å². The maximum Gasteiger partial charge on any atom is 0.252 e. The van der Waals surface area contributed by atoms with Gasteiger partial charge in [-0.3, -0.25) is 4.79 Å². The second-order valence-corrected chi connectivity index (χ2v) is 4.57. The van der Waals surface area contributed by atoms with Crippen molar-refractivity contribution in [3.63, 3.8) is 0 Å². The van der Waals surface area contributed by atoms with E-state index in [0.717, 1.165) is 12.1 Å². The Bertz CT molecular complexity index is 647. The van der Waals surface area contributed by atoms with E-state index in [0.29, 0.717) is 11.7 Å². The molecular weight excluding hydrogens is 280 g/mol. The molecule has 1 unspecified atom stereocenters. The maximum absolute atomic E-state index is 13.6. The van der Waals surface area contributed by atoms with Crippen LogP contribution in [-0.4, -0.2) is 17.9 Å². The van der Waals surface area contributed by atoms with E-state index in [2.05, 4.69) is 15.6 Å². The van der Waals surface area contributed by atoms with Gasteiger partial charge in [0.2, 0.25) is 5.89 Å². The number of carbonyl (C=O) groups excluding carboxylic acids is 1. The summed E-state index contributed by atoms with van der Waals surface area (Å²) in [4.78, 5) is 16.0. The largest absolute Gasteiger partial charge is 0.444 e. The monoisotopic (exact) mass is 295 g/mol. The van der Waals surface area contributed by atoms with Crippen LogP contribution in [0.4, 0.5) is 14.5 Å². The maximum atomic E-state index is 13.6. The lowest BCUT2D eigenvalue weighted by molar-refractivity contribution is 0.0933. The molecule has 2 N–H and O–H groups in total. The molecule has 5 nitrogen and oxygen atoms in total. The normalized spacial score (nSPS) is 12.0. The molecule has 21 heavy (non-hydrogen) atoms. The Labute approximate surface area is 120 Å². The van der Waals surface area contributed by atoms with Crippen LogP contribution in [0.3, 0.4) is 0 Å². The summed E-state index contributed by atoms with van der Waals surface area (Å²) in [5.41, 5.74) is -0.387. The fraction of sp³-hybridized carbons (Fsp3) is 0.286. The molecule has 1 heterocycles. The Morgan fingerprint density at radius 1 is 1.33 bits per heavy atom. The van der Waals surface area contributed by atoms with E-state index in [1.807, 2.05) is 0 Å². The average Bonchev–Trinajstić information content (AvgIpc) is 2.85. The SMILES string of the molecule is CNc1c(F)cc(C(=O)NC(C)c2ncc(C)o2)cc1F. The molecule has 0 bridgehead atoms. The van der Waals surface area contributed by atoms with Crippen LogP contribution < -0.4 is 10.6 Å². The quantitative estimate of drug-likeness (QED) is 0.910. The van der Waals surface area contributed by atoms with Crippen molar-refractivity contribution in [2.24, 2.45) is 0 Å². The number of nitrogens with zero attached hydrogens (tertiary/aromatic N) is 1. The fourth-order valence-electron chi connectivity index (χ4n) is 1.86. The number of carbonyl (C=O) groups is 1. The van der Waals surface area contributed by atoms with Gasteiger partial charge in [-0.15, -0.1) is 0 Å². The number of benzene rings is 1. The summed E-state index contributed by atoms with van der Waals surface area (Å²) >= 11 is 0. The van der Waals surface area contributed by atoms with Crippen LogP contribution in [0.1, 0.15) is 35.0 Å². The number of hydrogen-bond acceptors (Lipinski definition) is 4. The molecule has 7 heteroatoms. The number of halogens is 2. The van der Waals surface area contributed by atoms with E-state index in [1.54, 1.807) is 13.8 Å². The number of oxazole rings is 1. The van der Waals surface area contributed by atoms with E-state index in [-0.39, 0.29) is 11.3 Å². The molecule has 1 atom stereocenters. The van der Waals surface area contributed by atoms with E-state index < -0.39 is 23.6 Å². The second-order valence-electron chi connectivity index (χ2n) is 4.57. The highest BCUT2D eigenvalue weighted by Gasteiger charge is 2.18. The highest BCUT2D eigenvalue weighted by atomic mass is 19.1. The number of aryl methyl sites for hydroxylation is 1. The van der Waals surface area contributed by atoms with Crippen molar-refractivity contribution in [1.82, 2.24) is 10.3 Å². The fourth-order valence-corrected chi connectivity index (χ4v) is 1.86. The number of amides is 1. The van der Waals surface area contributed by atoms with Crippen LogP contribution in [0.5, 0.6) is 0 Å². The van der Waals surface area contributed by atoms with Gasteiger partial charge in [-0.05, 0) is 26.0 Å². The third kappa shape index (κ3) is 3.18. The third-order valence-electron chi connectivity index (χ3n) is 2.91. The lowest BCUT2D eigenvalue weighted by Gasteiger charge is -2.12. The van der Waals surface area contributed by atoms with Gasteiger partial charge >= 0.3 is 0 Å². The van der Waals surface area contributed by atoms with Crippen molar-refractivity contribution in [3.05, 3.63) is 47.2 Å². The zero-order chi connectivity index (χ0) is 15.6. The van der Waals surface area contributed by atoms with Crippen LogP contribution in [0.25, 0.3) is 0 Å². The summed E-state index contributed by atoms with van der Waals surface area (Å²) < 4.78 is 32.5. The van der Waals surface area contributed by atoms with Crippen molar-refractivity contribution in [3.8, 4) is 0 Å². The molecule has 1 aromatic carbocycles. The number of hydrogen-bond donors (Lipinski definition) is 2. The molecule has 1 amide bonds. The highest BCUT2D eigenvalue weighted by molar-refractivity contribution is 5.94. The molecule has 112 valence electrons. The first-order chi connectivity index (χ1) is 9.92. The van der Waals surface area contributed by atoms with E-state index in [1.165, 1.54) is 13.2 Å². The van der Waals surface area contributed by atoms with Crippen LogP contribution in [0.2, 0.25) is 0 Å². The predicted octanol–water partition coefficient (Wildman–Crippen LogP) is 2.79. The van der Waals surface area contributed by atoms with Gasteiger partial charge in [0.1, 0.15) is 29.1 Å². The molecule has 0 fully saturated rings. The average molecular weight is 295 g/mol. The number of anilines is 1. The van der Waals surface area contributed by atoms with Gasteiger partial charge in [0.15, 0.2) is 0 Å². The van der Waals surface area contributed by atoms with Gasteiger partial charge in [-0.2, -0.15) is 0 Å². The minimum atomic E-state index is -0.831. The summed E-state index contributed by atoms with van der Waals surface area (Å²) in [5.74, 6) is -1.33. The minimum Gasteiger partial charge on any atom is -0.444 e. The van der Waals surface area contributed by atoms with Crippen LogP contribution in [-0.2, 0) is 0 Å². The number of aromatic nitrogens is 1. The van der Waals surface area contributed by atoms with Crippen LogP contribution >= 0.6 is 0 Å². The van der Waals surface area contributed by atoms with Gasteiger partial charge in [-0.1, -0.05) is 0 Å². The summed E-state index contributed by atoms with van der Waals surface area (Å²) in [7, 11) is 1.40. The Morgan fingerprint density at radius 3 is 2.43 bits per heavy atom. The molecule has 0 saturated carbocycles. The second kappa shape index (κ2) is 5.90. The van der Waals surface area contributed by atoms with Gasteiger partial charge < -0.3 is 15.1 Å². The van der Waals surface area contributed by atoms with Crippen molar-refractivity contribution in [2.75, 3.05) is 12.4 Å². The molecule has 0 saturated heterocycles. The number of nitrogens with one attached hydrogen (secondary N) is 2. The molecule has 2 aromatic rings. The molecule has 0 radical (unpaired) electrons. The summed E-state index contributed by atoms with van der Waals surface area (Å²) in [6.45, 7) is 3.39. The summed E-state index contributed by atoms with van der Waals surface area (Å²) in [6, 6.07) is 1.43. The molecule has 1 aromatic heterocycles. The first-order valence-electron chi connectivity index (χ1n) is 6.32. The lowest BCUT2D eigenvalue weighted by atomic mass is 10.1. The van der Waals surface area contributed by atoms with E-state index in [9.17, 15) is 13.6 Å². The first-order valence-corrected chi connectivity index (χ1v) is 6.32. The van der Waals surface area contributed by atoms with Gasteiger partial charge in [0.05, 0.1) is 6.20 Å². The van der Waals surface area contributed by atoms with E-state index >= 15 is 0 Å². The zero-order valence-electron chi connectivity index (χ0n) is 11.8. The lowest BCUT2D eigenvalue weighted by Crippen LogP contribution is -2.27. The van der Waals surface area contributed by atoms with Crippen molar-refractivity contribution in [1.29, 1.82) is 0 Å². The van der Waals surface area contributed by atoms with Crippen LogP contribution in [0, 0.1) is 18.6 Å². The predicted molar refractivity (Wildman–Crippen MR) is 73.0 cm³/mol.